The van der Waals surface area contributed by atoms with Gasteiger partial charge in [-0.2, -0.15) is 9.99 Å². The number of aromatic amines is 1. The summed E-state index contributed by atoms with van der Waals surface area (Å²) in [6.07, 6.45) is 8.85. The molecule has 0 radical (unpaired) electrons. The lowest BCUT2D eigenvalue weighted by molar-refractivity contribution is 0.199. The predicted molar refractivity (Wildman–Crippen MR) is 126 cm³/mol. The first kappa shape index (κ1) is 19.1. The zero-order valence-corrected chi connectivity index (χ0v) is 17.3. The van der Waals surface area contributed by atoms with Crippen molar-refractivity contribution in [3.63, 3.8) is 0 Å². The van der Waals surface area contributed by atoms with Gasteiger partial charge in [0, 0.05) is 47.2 Å². The van der Waals surface area contributed by atoms with E-state index in [9.17, 15) is 0 Å². The quantitative estimate of drug-likeness (QED) is 0.377. The number of nitrogens with zero attached hydrogens (tertiary/aromatic N) is 3. The van der Waals surface area contributed by atoms with Gasteiger partial charge in [-0.25, -0.2) is 4.98 Å². The summed E-state index contributed by atoms with van der Waals surface area (Å²) in [5, 5.41) is 6.88. The van der Waals surface area contributed by atoms with Crippen LogP contribution in [0.5, 0.6) is 0 Å². The number of hydrogen-bond acceptors (Lipinski definition) is 6. The molecule has 0 saturated heterocycles. The molecule has 4 aromatic rings. The topological polar surface area (TPSA) is 94.9 Å². The van der Waals surface area contributed by atoms with Gasteiger partial charge in [0.25, 0.3) is 0 Å². The van der Waals surface area contributed by atoms with Crippen LogP contribution in [-0.4, -0.2) is 32.7 Å². The average molecular weight is 412 g/mol. The molecule has 1 aliphatic rings. The minimum Gasteiger partial charge on any atom is -0.368 e. The van der Waals surface area contributed by atoms with Gasteiger partial charge >= 0.3 is 0 Å². The number of H-pyrrole nitrogens is 1. The fourth-order valence-corrected chi connectivity index (χ4v) is 4.02. The number of aromatic nitrogens is 3. The van der Waals surface area contributed by atoms with Crippen molar-refractivity contribution in [2.45, 2.75) is 19.5 Å². The number of para-hydroxylation sites is 1. The van der Waals surface area contributed by atoms with Crippen LogP contribution in [0, 0.1) is 0 Å². The van der Waals surface area contributed by atoms with Gasteiger partial charge in [-0.15, -0.1) is 0 Å². The number of hydrazine groups is 1. The molecule has 3 heterocycles. The molecule has 0 fully saturated rings. The summed E-state index contributed by atoms with van der Waals surface area (Å²) in [4.78, 5) is 12.2. The molecule has 5 rings (SSSR count). The van der Waals surface area contributed by atoms with Gasteiger partial charge in [-0.05, 0) is 29.7 Å². The van der Waals surface area contributed by atoms with E-state index in [0.717, 1.165) is 41.0 Å². The molecule has 0 spiro atoms. The molecule has 2 aromatic heterocycles. The van der Waals surface area contributed by atoms with Crippen molar-refractivity contribution >= 4 is 22.7 Å². The third-order valence-corrected chi connectivity index (χ3v) is 5.61. The Morgan fingerprint density at radius 3 is 2.77 bits per heavy atom. The van der Waals surface area contributed by atoms with Gasteiger partial charge in [0.15, 0.2) is 0 Å². The molecule has 0 bridgehead atoms. The van der Waals surface area contributed by atoms with Crippen molar-refractivity contribution in [2.24, 2.45) is 0 Å². The molecule has 1 aliphatic heterocycles. The highest BCUT2D eigenvalue weighted by atomic mass is 15.6. The minimum atomic E-state index is 0.0693. The van der Waals surface area contributed by atoms with Crippen molar-refractivity contribution in [3.8, 4) is 22.3 Å². The van der Waals surface area contributed by atoms with Gasteiger partial charge in [0.05, 0.1) is 6.17 Å². The van der Waals surface area contributed by atoms with Gasteiger partial charge in [-0.1, -0.05) is 49.4 Å². The van der Waals surface area contributed by atoms with E-state index in [2.05, 4.69) is 92.4 Å². The van der Waals surface area contributed by atoms with Gasteiger partial charge in [0.1, 0.15) is 5.82 Å². The fraction of sp³-hybridized carbons (Fsp3) is 0.167. The maximum atomic E-state index is 5.94. The molecule has 31 heavy (non-hydrogen) atoms. The predicted octanol–water partition coefficient (Wildman–Crippen LogP) is 4.36. The van der Waals surface area contributed by atoms with E-state index in [4.69, 9.17) is 5.73 Å². The zero-order valence-electron chi connectivity index (χ0n) is 17.3. The van der Waals surface area contributed by atoms with E-state index in [1.807, 2.05) is 12.3 Å². The van der Waals surface area contributed by atoms with E-state index < -0.39 is 0 Å². The van der Waals surface area contributed by atoms with Gasteiger partial charge in [-0.3, -0.25) is 0 Å². The number of anilines is 2. The maximum absolute atomic E-state index is 5.94. The summed E-state index contributed by atoms with van der Waals surface area (Å²) < 4.78 is 0. The molecule has 2 aromatic carbocycles. The van der Waals surface area contributed by atoms with E-state index in [0.29, 0.717) is 0 Å². The first-order valence-electron chi connectivity index (χ1n) is 10.5. The van der Waals surface area contributed by atoms with Gasteiger partial charge < -0.3 is 21.5 Å². The third kappa shape index (κ3) is 3.71. The molecule has 1 unspecified atom stereocenters. The summed E-state index contributed by atoms with van der Waals surface area (Å²) in [6, 6.07) is 16.8. The fourth-order valence-electron chi connectivity index (χ4n) is 4.02. The molecule has 7 heteroatoms. The average Bonchev–Trinajstić information content (AvgIpc) is 3.48. The molecule has 0 amide bonds. The number of nitrogens with one attached hydrogen (secondary N) is 3. The second-order valence-corrected chi connectivity index (χ2v) is 7.57. The SMILES string of the molecule is CCC(Nc1nc(N)ncc1-c1cccc(-c2c[nH]c3ccccc23)c1)N1CC=CN1. The number of nitrogen functional groups attached to an aromatic ring is 1. The Hall–Kier alpha value is -3.84. The number of benzene rings is 2. The van der Waals surface area contributed by atoms with Crippen LogP contribution in [0.3, 0.4) is 0 Å². The van der Waals surface area contributed by atoms with E-state index in [1.54, 1.807) is 6.20 Å². The van der Waals surface area contributed by atoms with Crippen LogP contribution in [0.2, 0.25) is 0 Å². The van der Waals surface area contributed by atoms with Crippen LogP contribution in [-0.2, 0) is 0 Å². The lowest BCUT2D eigenvalue weighted by Crippen LogP contribution is -2.44. The van der Waals surface area contributed by atoms with Crippen molar-refractivity contribution in [1.29, 1.82) is 0 Å². The van der Waals surface area contributed by atoms with Gasteiger partial charge in [0.2, 0.25) is 5.95 Å². The second kappa shape index (κ2) is 8.12. The smallest absolute Gasteiger partial charge is 0.221 e. The lowest BCUT2D eigenvalue weighted by atomic mass is 9.99. The van der Waals surface area contributed by atoms with Crippen molar-refractivity contribution in [3.05, 3.63) is 73.2 Å². The highest BCUT2D eigenvalue weighted by molar-refractivity contribution is 5.96. The number of fused-ring (bicyclic) bond motifs is 1. The van der Waals surface area contributed by atoms with E-state index in [1.165, 1.54) is 10.9 Å². The van der Waals surface area contributed by atoms with Crippen molar-refractivity contribution < 1.29 is 0 Å². The first-order valence-corrected chi connectivity index (χ1v) is 10.5. The van der Waals surface area contributed by atoms with E-state index in [-0.39, 0.29) is 12.1 Å². The Balaban J connectivity index is 1.53. The highest BCUT2D eigenvalue weighted by Gasteiger charge is 2.20. The van der Waals surface area contributed by atoms with E-state index >= 15 is 0 Å². The molecule has 0 aliphatic carbocycles. The van der Waals surface area contributed by atoms with Crippen LogP contribution in [0.1, 0.15) is 13.3 Å². The summed E-state index contributed by atoms with van der Waals surface area (Å²) in [7, 11) is 0. The molecular formula is C24H25N7. The van der Waals surface area contributed by atoms with Crippen LogP contribution >= 0.6 is 0 Å². The summed E-state index contributed by atoms with van der Waals surface area (Å²) >= 11 is 0. The molecule has 1 atom stereocenters. The van der Waals surface area contributed by atoms with Crippen LogP contribution in [0.25, 0.3) is 33.2 Å². The number of nitrogens with two attached hydrogens (primary N) is 1. The van der Waals surface area contributed by atoms with Crippen molar-refractivity contribution in [2.75, 3.05) is 17.6 Å². The molecule has 156 valence electrons. The van der Waals surface area contributed by atoms with Crippen LogP contribution in [0.4, 0.5) is 11.8 Å². The number of rotatable bonds is 6. The normalized spacial score (nSPS) is 14.6. The van der Waals surface area contributed by atoms with Crippen molar-refractivity contribution in [1.82, 2.24) is 25.4 Å². The third-order valence-electron chi connectivity index (χ3n) is 5.61. The lowest BCUT2D eigenvalue weighted by Gasteiger charge is -2.28. The summed E-state index contributed by atoms with van der Waals surface area (Å²) in [5.74, 6) is 0.977. The highest BCUT2D eigenvalue weighted by Crippen LogP contribution is 2.33. The molecule has 5 N–H and O–H groups in total. The monoisotopic (exact) mass is 411 g/mol. The Morgan fingerprint density at radius 2 is 1.97 bits per heavy atom. The molecular weight excluding hydrogens is 386 g/mol. The van der Waals surface area contributed by atoms with Crippen LogP contribution < -0.4 is 16.5 Å². The first-order chi connectivity index (χ1) is 15.2. The Morgan fingerprint density at radius 1 is 1.13 bits per heavy atom. The molecule has 7 nitrogen and oxygen atoms in total. The minimum absolute atomic E-state index is 0.0693. The Bertz CT molecular complexity index is 1240. The zero-order chi connectivity index (χ0) is 21.2. The Labute approximate surface area is 181 Å². The summed E-state index contributed by atoms with van der Waals surface area (Å²) in [6.45, 7) is 2.97. The summed E-state index contributed by atoms with van der Waals surface area (Å²) in [5.41, 5.74) is 14.6. The largest absolute Gasteiger partial charge is 0.368 e. The Kier molecular flexibility index (Phi) is 5.01. The maximum Gasteiger partial charge on any atom is 0.221 e. The number of hydrogen-bond donors (Lipinski definition) is 4. The second-order valence-electron chi connectivity index (χ2n) is 7.57. The standard InChI is InChI=1S/C24H25N7/c1-2-22(31-12-6-11-28-31)29-23-20(15-27-24(25)30-23)17-8-5-7-16(13-17)19-14-26-21-10-4-3-9-18(19)21/h3-11,13-15,22,26,28H,2,12H2,1H3,(H3,25,27,29,30). The molecule has 0 saturated carbocycles. The van der Waals surface area contributed by atoms with Crippen LogP contribution in [0.15, 0.2) is 73.2 Å².